The number of carbonyl (C=O) groups excluding carboxylic acids is 1. The highest BCUT2D eigenvalue weighted by Crippen LogP contribution is 2.28. The van der Waals surface area contributed by atoms with Crippen LogP contribution in [-0.4, -0.2) is 54.4 Å². The molecule has 0 aliphatic carbocycles. The van der Waals surface area contributed by atoms with Crippen LogP contribution in [0, 0.1) is 5.41 Å². The van der Waals surface area contributed by atoms with Crippen LogP contribution in [0.1, 0.15) is 19.8 Å². The maximum atomic E-state index is 11.9. The zero-order valence-corrected chi connectivity index (χ0v) is 9.94. The Morgan fingerprint density at radius 2 is 2.06 bits per heavy atom. The van der Waals surface area contributed by atoms with Gasteiger partial charge in [0.25, 0.3) is 0 Å². The number of likely N-dealkylation sites (tertiary alicyclic amines) is 1. The van der Waals surface area contributed by atoms with Gasteiger partial charge in [-0.15, -0.1) is 0 Å². The normalized spacial score (nSPS) is 32.8. The lowest BCUT2D eigenvalue weighted by Gasteiger charge is -2.27. The van der Waals surface area contributed by atoms with E-state index in [0.717, 1.165) is 25.9 Å². The first-order chi connectivity index (χ1) is 8.04. The van der Waals surface area contributed by atoms with Crippen molar-refractivity contribution < 1.29 is 19.4 Å². The summed E-state index contributed by atoms with van der Waals surface area (Å²) in [6.07, 6.45) is 2.04. The third kappa shape index (κ3) is 2.22. The number of aliphatic carboxylic acids is 1. The Morgan fingerprint density at radius 3 is 2.65 bits per heavy atom. The Kier molecular flexibility index (Phi) is 3.24. The fourth-order valence-corrected chi connectivity index (χ4v) is 2.25. The summed E-state index contributed by atoms with van der Waals surface area (Å²) in [6.45, 7) is 3.53. The minimum atomic E-state index is -1.02. The van der Waals surface area contributed by atoms with Crippen molar-refractivity contribution in [2.45, 2.75) is 25.8 Å². The van der Waals surface area contributed by atoms with Gasteiger partial charge in [0.2, 0.25) is 0 Å². The van der Waals surface area contributed by atoms with E-state index in [1.807, 2.05) is 0 Å². The molecule has 96 valence electrons. The molecule has 2 atom stereocenters. The van der Waals surface area contributed by atoms with Gasteiger partial charge in [-0.3, -0.25) is 4.79 Å². The molecule has 0 aromatic carbocycles. The lowest BCUT2D eigenvalue weighted by atomic mass is 9.85. The van der Waals surface area contributed by atoms with Gasteiger partial charge in [0.05, 0.1) is 19.3 Å². The monoisotopic (exact) mass is 242 g/mol. The van der Waals surface area contributed by atoms with E-state index in [4.69, 9.17) is 4.74 Å². The molecule has 2 fully saturated rings. The third-order valence-electron chi connectivity index (χ3n) is 3.64. The molecule has 2 saturated heterocycles. The Balaban J connectivity index is 1.98. The van der Waals surface area contributed by atoms with Crippen molar-refractivity contribution >= 4 is 12.0 Å². The summed E-state index contributed by atoms with van der Waals surface area (Å²) in [6, 6.07) is -0.626. The molecule has 2 aliphatic rings. The molecule has 2 rings (SSSR count). The van der Waals surface area contributed by atoms with Crippen molar-refractivity contribution in [3.05, 3.63) is 0 Å². The molecule has 2 heterocycles. The molecule has 0 aromatic rings. The summed E-state index contributed by atoms with van der Waals surface area (Å²) in [7, 11) is 0. The molecule has 0 radical (unpaired) electrons. The summed E-state index contributed by atoms with van der Waals surface area (Å²) in [5.74, 6) is -0.929. The summed E-state index contributed by atoms with van der Waals surface area (Å²) in [4.78, 5) is 24.8. The molecule has 0 bridgehead atoms. The Bertz CT molecular complexity index is 327. The summed E-state index contributed by atoms with van der Waals surface area (Å²) in [5.41, 5.74) is -1.02. The van der Waals surface area contributed by atoms with E-state index in [-0.39, 0.29) is 19.2 Å². The fourth-order valence-electron chi connectivity index (χ4n) is 2.25. The minimum absolute atomic E-state index is 0.146. The first kappa shape index (κ1) is 12.2. The van der Waals surface area contributed by atoms with Crippen LogP contribution in [0.5, 0.6) is 0 Å². The zero-order valence-electron chi connectivity index (χ0n) is 9.94. The number of carboxylic acids is 1. The van der Waals surface area contributed by atoms with Crippen LogP contribution in [0.15, 0.2) is 0 Å². The van der Waals surface area contributed by atoms with Crippen LogP contribution in [0.2, 0.25) is 0 Å². The van der Waals surface area contributed by atoms with Crippen LogP contribution in [0.25, 0.3) is 0 Å². The SMILES string of the molecule is CC1(C(=O)O)COCC1NC(=O)N1CCCC1. The number of ether oxygens (including phenoxy) is 1. The van der Waals surface area contributed by atoms with Crippen molar-refractivity contribution in [3.8, 4) is 0 Å². The van der Waals surface area contributed by atoms with Gasteiger partial charge in [0.15, 0.2) is 0 Å². The summed E-state index contributed by atoms with van der Waals surface area (Å²) < 4.78 is 5.18. The molecular weight excluding hydrogens is 224 g/mol. The van der Waals surface area contributed by atoms with Gasteiger partial charge in [-0.1, -0.05) is 0 Å². The minimum Gasteiger partial charge on any atom is -0.481 e. The molecule has 6 nitrogen and oxygen atoms in total. The highest BCUT2D eigenvalue weighted by atomic mass is 16.5. The Labute approximate surface area is 99.9 Å². The van der Waals surface area contributed by atoms with Crippen molar-refractivity contribution in [2.75, 3.05) is 26.3 Å². The van der Waals surface area contributed by atoms with Gasteiger partial charge in [-0.25, -0.2) is 4.79 Å². The van der Waals surface area contributed by atoms with Gasteiger partial charge < -0.3 is 20.1 Å². The number of amides is 2. The molecule has 6 heteroatoms. The quantitative estimate of drug-likeness (QED) is 0.729. The average Bonchev–Trinajstić information content (AvgIpc) is 2.89. The van der Waals surface area contributed by atoms with Crippen LogP contribution in [-0.2, 0) is 9.53 Å². The van der Waals surface area contributed by atoms with E-state index < -0.39 is 17.4 Å². The van der Waals surface area contributed by atoms with Crippen LogP contribution in [0.3, 0.4) is 0 Å². The second-order valence-corrected chi connectivity index (χ2v) is 4.93. The molecule has 0 saturated carbocycles. The van der Waals surface area contributed by atoms with E-state index >= 15 is 0 Å². The van der Waals surface area contributed by atoms with Crippen molar-refractivity contribution in [1.29, 1.82) is 0 Å². The summed E-state index contributed by atoms with van der Waals surface area (Å²) in [5, 5.41) is 12.0. The van der Waals surface area contributed by atoms with Crippen LogP contribution in [0.4, 0.5) is 4.79 Å². The van der Waals surface area contributed by atoms with Crippen LogP contribution >= 0.6 is 0 Å². The molecular formula is C11H18N2O4. The van der Waals surface area contributed by atoms with Crippen molar-refractivity contribution in [2.24, 2.45) is 5.41 Å². The van der Waals surface area contributed by atoms with E-state index in [0.29, 0.717) is 0 Å². The molecule has 2 aliphatic heterocycles. The average molecular weight is 242 g/mol. The molecule has 2 unspecified atom stereocenters. The first-order valence-corrected chi connectivity index (χ1v) is 5.90. The van der Waals surface area contributed by atoms with Gasteiger partial charge in [-0.2, -0.15) is 0 Å². The first-order valence-electron chi connectivity index (χ1n) is 5.90. The lowest BCUT2D eigenvalue weighted by Crippen LogP contribution is -2.52. The van der Waals surface area contributed by atoms with E-state index in [2.05, 4.69) is 5.32 Å². The Morgan fingerprint density at radius 1 is 1.41 bits per heavy atom. The van der Waals surface area contributed by atoms with Crippen molar-refractivity contribution in [1.82, 2.24) is 10.2 Å². The molecule has 17 heavy (non-hydrogen) atoms. The standard InChI is InChI=1S/C11H18N2O4/c1-11(9(14)15)7-17-6-8(11)12-10(16)13-4-2-3-5-13/h8H,2-7H2,1H3,(H,12,16)(H,14,15). The van der Waals surface area contributed by atoms with Gasteiger partial charge in [0, 0.05) is 13.1 Å². The number of rotatable bonds is 2. The number of nitrogens with zero attached hydrogens (tertiary/aromatic N) is 1. The predicted molar refractivity (Wildman–Crippen MR) is 59.7 cm³/mol. The topological polar surface area (TPSA) is 78.9 Å². The molecule has 0 aromatic heterocycles. The predicted octanol–water partition coefficient (Wildman–Crippen LogP) is 0.281. The lowest BCUT2D eigenvalue weighted by molar-refractivity contribution is -0.148. The smallest absolute Gasteiger partial charge is 0.317 e. The Hall–Kier alpha value is -1.30. The zero-order chi connectivity index (χ0) is 12.5. The number of urea groups is 1. The van der Waals surface area contributed by atoms with Gasteiger partial charge in [-0.05, 0) is 19.8 Å². The second kappa shape index (κ2) is 4.52. The maximum absolute atomic E-state index is 11.9. The van der Waals surface area contributed by atoms with Crippen LogP contribution < -0.4 is 5.32 Å². The molecule has 0 spiro atoms. The van der Waals surface area contributed by atoms with E-state index in [1.54, 1.807) is 11.8 Å². The maximum Gasteiger partial charge on any atom is 0.317 e. The van der Waals surface area contributed by atoms with Gasteiger partial charge in [0.1, 0.15) is 5.41 Å². The van der Waals surface area contributed by atoms with E-state index in [9.17, 15) is 14.7 Å². The number of nitrogens with one attached hydrogen (secondary N) is 1. The van der Waals surface area contributed by atoms with Gasteiger partial charge >= 0.3 is 12.0 Å². The number of hydrogen-bond donors (Lipinski definition) is 2. The molecule has 2 amide bonds. The second-order valence-electron chi connectivity index (χ2n) is 4.93. The highest BCUT2D eigenvalue weighted by molar-refractivity contribution is 5.79. The summed E-state index contributed by atoms with van der Waals surface area (Å²) >= 11 is 0. The number of carboxylic acid groups (broad SMARTS) is 1. The highest BCUT2D eigenvalue weighted by Gasteiger charge is 2.47. The van der Waals surface area contributed by atoms with Crippen molar-refractivity contribution in [3.63, 3.8) is 0 Å². The number of hydrogen-bond acceptors (Lipinski definition) is 3. The fraction of sp³-hybridized carbons (Fsp3) is 0.818. The third-order valence-corrected chi connectivity index (χ3v) is 3.64. The molecule has 2 N–H and O–H groups in total. The van der Waals surface area contributed by atoms with E-state index in [1.165, 1.54) is 0 Å². The number of carbonyl (C=O) groups is 2. The largest absolute Gasteiger partial charge is 0.481 e.